The molecule has 0 aromatic carbocycles. The van der Waals surface area contributed by atoms with Crippen molar-refractivity contribution in [2.75, 3.05) is 19.7 Å². The summed E-state index contributed by atoms with van der Waals surface area (Å²) in [5, 5.41) is 8.98. The van der Waals surface area contributed by atoms with Crippen LogP contribution >= 0.6 is 0 Å². The summed E-state index contributed by atoms with van der Waals surface area (Å²) in [4.78, 5) is 13.8. The van der Waals surface area contributed by atoms with Crippen LogP contribution < -0.4 is 0 Å². The van der Waals surface area contributed by atoms with Gasteiger partial charge in [-0.15, -0.1) is 0 Å². The van der Waals surface area contributed by atoms with Crippen LogP contribution in [-0.4, -0.2) is 35.6 Å². The maximum atomic E-state index is 11.8. The fourth-order valence-corrected chi connectivity index (χ4v) is 2.28. The van der Waals surface area contributed by atoms with Gasteiger partial charge in [0.1, 0.15) is 0 Å². The zero-order chi connectivity index (χ0) is 9.26. The second-order valence-electron chi connectivity index (χ2n) is 4.16. The molecule has 0 aromatic heterocycles. The van der Waals surface area contributed by atoms with Gasteiger partial charge >= 0.3 is 0 Å². The Balaban J connectivity index is 1.89. The predicted octanol–water partition coefficient (Wildman–Crippen LogP) is 0.627. The van der Waals surface area contributed by atoms with Crippen LogP contribution in [0.2, 0.25) is 0 Å². The third-order valence-electron chi connectivity index (χ3n) is 3.39. The van der Waals surface area contributed by atoms with Crippen LogP contribution in [0.5, 0.6) is 0 Å². The largest absolute Gasteiger partial charge is 0.396 e. The average molecular weight is 183 g/mol. The summed E-state index contributed by atoms with van der Waals surface area (Å²) in [6.07, 6.45) is 4.33. The molecule has 1 saturated heterocycles. The summed E-state index contributed by atoms with van der Waals surface area (Å²) < 4.78 is 0. The number of hydrogen-bond donors (Lipinski definition) is 1. The molecule has 13 heavy (non-hydrogen) atoms. The van der Waals surface area contributed by atoms with Crippen LogP contribution in [0.1, 0.15) is 25.7 Å². The first-order valence-corrected chi connectivity index (χ1v) is 5.22. The molecule has 1 amide bonds. The highest BCUT2D eigenvalue weighted by atomic mass is 16.3. The molecule has 0 aromatic rings. The van der Waals surface area contributed by atoms with Crippen LogP contribution in [0.3, 0.4) is 0 Å². The first-order valence-electron chi connectivity index (χ1n) is 5.22. The van der Waals surface area contributed by atoms with E-state index in [9.17, 15) is 4.79 Å². The molecule has 3 heteroatoms. The lowest BCUT2D eigenvalue weighted by molar-refractivity contribution is -0.141. The zero-order valence-corrected chi connectivity index (χ0v) is 7.91. The first-order chi connectivity index (χ1) is 6.33. The summed E-state index contributed by atoms with van der Waals surface area (Å²) in [6, 6.07) is 0. The number of hydrogen-bond acceptors (Lipinski definition) is 2. The van der Waals surface area contributed by atoms with Crippen molar-refractivity contribution < 1.29 is 9.90 Å². The summed E-state index contributed by atoms with van der Waals surface area (Å²) in [5.74, 6) is 0.694. The maximum absolute atomic E-state index is 11.8. The van der Waals surface area contributed by atoms with E-state index in [-0.39, 0.29) is 18.4 Å². The maximum Gasteiger partial charge on any atom is 0.226 e. The predicted molar refractivity (Wildman–Crippen MR) is 49.1 cm³/mol. The lowest BCUT2D eigenvalue weighted by atomic mass is 9.73. The minimum atomic E-state index is 0.142. The molecule has 74 valence electrons. The number of carbonyl (C=O) groups is 1. The Morgan fingerprint density at radius 3 is 2.46 bits per heavy atom. The molecule has 0 radical (unpaired) electrons. The molecular weight excluding hydrogens is 166 g/mol. The average Bonchev–Trinajstić information content (AvgIpc) is 2.54. The third-order valence-corrected chi connectivity index (χ3v) is 3.39. The molecule has 3 nitrogen and oxygen atoms in total. The van der Waals surface area contributed by atoms with Crippen molar-refractivity contribution in [2.24, 2.45) is 11.8 Å². The SMILES string of the molecule is O=C([C@H]1CC[C@@H]1CO)N1CCCC1. The van der Waals surface area contributed by atoms with Crippen LogP contribution in [0.15, 0.2) is 0 Å². The van der Waals surface area contributed by atoms with Gasteiger partial charge in [-0.3, -0.25) is 4.79 Å². The van der Waals surface area contributed by atoms with E-state index < -0.39 is 0 Å². The molecule has 1 N–H and O–H groups in total. The molecule has 1 aliphatic heterocycles. The van der Waals surface area contributed by atoms with E-state index in [0.717, 1.165) is 38.8 Å². The second-order valence-corrected chi connectivity index (χ2v) is 4.16. The Morgan fingerprint density at radius 2 is 2.00 bits per heavy atom. The standard InChI is InChI=1S/C10H17NO2/c12-7-8-3-4-9(8)10(13)11-5-1-2-6-11/h8-9,12H,1-7H2/t8-,9+/m1/s1. The van der Waals surface area contributed by atoms with Gasteiger partial charge in [-0.25, -0.2) is 0 Å². The van der Waals surface area contributed by atoms with Crippen molar-refractivity contribution >= 4 is 5.91 Å². The van der Waals surface area contributed by atoms with Crippen molar-refractivity contribution in [1.82, 2.24) is 4.90 Å². The first kappa shape index (κ1) is 9.00. The van der Waals surface area contributed by atoms with Gasteiger partial charge < -0.3 is 10.0 Å². The van der Waals surface area contributed by atoms with Crippen LogP contribution in [0.25, 0.3) is 0 Å². The Morgan fingerprint density at radius 1 is 1.31 bits per heavy atom. The molecule has 2 fully saturated rings. The summed E-state index contributed by atoms with van der Waals surface area (Å²) in [7, 11) is 0. The monoisotopic (exact) mass is 183 g/mol. The van der Waals surface area contributed by atoms with E-state index in [1.165, 1.54) is 0 Å². The van der Waals surface area contributed by atoms with E-state index in [0.29, 0.717) is 5.91 Å². The molecular formula is C10H17NO2. The molecule has 2 atom stereocenters. The Labute approximate surface area is 78.7 Å². The van der Waals surface area contributed by atoms with Gasteiger partial charge in [0.15, 0.2) is 0 Å². The van der Waals surface area contributed by atoms with Gasteiger partial charge in [0.2, 0.25) is 5.91 Å². The van der Waals surface area contributed by atoms with Gasteiger partial charge in [-0.05, 0) is 31.6 Å². The number of likely N-dealkylation sites (tertiary alicyclic amines) is 1. The van der Waals surface area contributed by atoms with Crippen molar-refractivity contribution in [1.29, 1.82) is 0 Å². The van der Waals surface area contributed by atoms with Crippen molar-refractivity contribution in [3.05, 3.63) is 0 Å². The van der Waals surface area contributed by atoms with Crippen LogP contribution in [0, 0.1) is 11.8 Å². The van der Waals surface area contributed by atoms with Crippen molar-refractivity contribution in [2.45, 2.75) is 25.7 Å². The van der Waals surface area contributed by atoms with Gasteiger partial charge in [-0.1, -0.05) is 0 Å². The summed E-state index contributed by atoms with van der Waals surface area (Å²) in [5.41, 5.74) is 0. The minimum absolute atomic E-state index is 0.142. The third kappa shape index (κ3) is 1.57. The van der Waals surface area contributed by atoms with E-state index >= 15 is 0 Å². The fourth-order valence-electron chi connectivity index (χ4n) is 2.28. The highest BCUT2D eigenvalue weighted by molar-refractivity contribution is 5.80. The van der Waals surface area contributed by atoms with Crippen molar-refractivity contribution in [3.63, 3.8) is 0 Å². The molecule has 2 rings (SSSR count). The molecule has 0 bridgehead atoms. The lowest BCUT2D eigenvalue weighted by Gasteiger charge is -2.36. The van der Waals surface area contributed by atoms with Gasteiger partial charge in [0.05, 0.1) is 0 Å². The number of amides is 1. The van der Waals surface area contributed by atoms with E-state index in [2.05, 4.69) is 0 Å². The van der Waals surface area contributed by atoms with Gasteiger partial charge in [0.25, 0.3) is 0 Å². The Hall–Kier alpha value is -0.570. The number of rotatable bonds is 2. The zero-order valence-electron chi connectivity index (χ0n) is 7.91. The molecule has 2 aliphatic rings. The van der Waals surface area contributed by atoms with Gasteiger partial charge in [0, 0.05) is 25.6 Å². The normalized spacial score (nSPS) is 33.2. The van der Waals surface area contributed by atoms with Crippen LogP contribution in [0.4, 0.5) is 0 Å². The number of carbonyl (C=O) groups excluding carboxylic acids is 1. The molecule has 1 aliphatic carbocycles. The van der Waals surface area contributed by atoms with E-state index in [1.807, 2.05) is 4.90 Å². The summed E-state index contributed by atoms with van der Waals surface area (Å²) >= 11 is 0. The van der Waals surface area contributed by atoms with Crippen molar-refractivity contribution in [3.8, 4) is 0 Å². The Kier molecular flexibility index (Phi) is 2.54. The second kappa shape index (κ2) is 3.66. The molecule has 1 heterocycles. The fraction of sp³-hybridized carbons (Fsp3) is 0.900. The highest BCUT2D eigenvalue weighted by Crippen LogP contribution is 2.35. The summed E-state index contributed by atoms with van der Waals surface area (Å²) in [6.45, 7) is 2.06. The minimum Gasteiger partial charge on any atom is -0.396 e. The molecule has 1 saturated carbocycles. The van der Waals surface area contributed by atoms with E-state index in [4.69, 9.17) is 5.11 Å². The molecule has 0 spiro atoms. The quantitative estimate of drug-likeness (QED) is 0.682. The molecule has 0 unspecified atom stereocenters. The number of aliphatic hydroxyl groups excluding tert-OH is 1. The Bertz CT molecular complexity index is 197. The number of nitrogens with zero attached hydrogens (tertiary/aromatic N) is 1. The number of aliphatic hydroxyl groups is 1. The topological polar surface area (TPSA) is 40.5 Å². The van der Waals surface area contributed by atoms with E-state index in [1.54, 1.807) is 0 Å². The van der Waals surface area contributed by atoms with Crippen LogP contribution in [-0.2, 0) is 4.79 Å². The highest BCUT2D eigenvalue weighted by Gasteiger charge is 2.38. The van der Waals surface area contributed by atoms with Gasteiger partial charge in [-0.2, -0.15) is 0 Å². The lowest BCUT2D eigenvalue weighted by Crippen LogP contribution is -2.43. The smallest absolute Gasteiger partial charge is 0.226 e.